The molecule has 0 saturated carbocycles. The van der Waals surface area contributed by atoms with Gasteiger partial charge in [0.2, 0.25) is 5.91 Å². The normalized spacial score (nSPS) is 18.0. The molecule has 3 rings (SSSR count). The number of piperazine rings is 1. The molecule has 126 valence electrons. The van der Waals surface area contributed by atoms with Crippen molar-refractivity contribution in [3.05, 3.63) is 27.1 Å². The van der Waals surface area contributed by atoms with Crippen LogP contribution in [0.25, 0.3) is 10.2 Å². The van der Waals surface area contributed by atoms with E-state index in [0.717, 1.165) is 28.4 Å². The molecule has 0 aliphatic carbocycles. The third-order valence-corrected chi connectivity index (χ3v) is 5.40. The van der Waals surface area contributed by atoms with Crippen LogP contribution in [-0.2, 0) is 11.3 Å². The van der Waals surface area contributed by atoms with E-state index in [-0.39, 0.29) is 36.5 Å². The maximum atomic E-state index is 12.6. The number of aromatic nitrogens is 2. The van der Waals surface area contributed by atoms with Gasteiger partial charge in [-0.3, -0.25) is 14.2 Å². The van der Waals surface area contributed by atoms with E-state index in [0.29, 0.717) is 11.9 Å². The minimum absolute atomic E-state index is 0. The summed E-state index contributed by atoms with van der Waals surface area (Å²) in [6.45, 7) is 8.26. The number of carbonyl (C=O) groups is 1. The first-order valence-corrected chi connectivity index (χ1v) is 8.26. The largest absolute Gasteiger partial charge is 0.336 e. The van der Waals surface area contributed by atoms with E-state index in [2.05, 4.69) is 10.3 Å². The van der Waals surface area contributed by atoms with Gasteiger partial charge in [0, 0.05) is 30.6 Å². The van der Waals surface area contributed by atoms with Crippen LogP contribution in [0.3, 0.4) is 0 Å². The first-order chi connectivity index (χ1) is 10.5. The van der Waals surface area contributed by atoms with Gasteiger partial charge in [-0.15, -0.1) is 23.7 Å². The minimum Gasteiger partial charge on any atom is -0.336 e. The van der Waals surface area contributed by atoms with E-state index in [1.807, 2.05) is 25.7 Å². The molecule has 0 unspecified atom stereocenters. The molecule has 0 aromatic carbocycles. The van der Waals surface area contributed by atoms with E-state index < -0.39 is 0 Å². The highest BCUT2D eigenvalue weighted by Gasteiger charge is 2.23. The van der Waals surface area contributed by atoms with E-state index in [1.165, 1.54) is 22.2 Å². The lowest BCUT2D eigenvalue weighted by atomic mass is 10.2. The number of hydrogen-bond acceptors (Lipinski definition) is 5. The second-order valence-electron chi connectivity index (χ2n) is 5.78. The zero-order valence-electron chi connectivity index (χ0n) is 13.5. The quantitative estimate of drug-likeness (QED) is 0.881. The fourth-order valence-corrected chi connectivity index (χ4v) is 3.82. The Bertz CT molecular complexity index is 786. The topological polar surface area (TPSA) is 67.2 Å². The lowest BCUT2D eigenvalue weighted by Crippen LogP contribution is -2.53. The van der Waals surface area contributed by atoms with Crippen LogP contribution in [0.4, 0.5) is 0 Å². The van der Waals surface area contributed by atoms with Crippen LogP contribution in [0.1, 0.15) is 17.4 Å². The number of thiophene rings is 1. The fraction of sp³-hybridized carbons (Fsp3) is 0.533. The first-order valence-electron chi connectivity index (χ1n) is 7.44. The van der Waals surface area contributed by atoms with Crippen LogP contribution in [0.2, 0.25) is 0 Å². The monoisotopic (exact) mass is 356 g/mol. The summed E-state index contributed by atoms with van der Waals surface area (Å²) >= 11 is 1.52. The molecule has 1 amide bonds. The predicted octanol–water partition coefficient (Wildman–Crippen LogP) is 1.32. The Hall–Kier alpha value is -1.44. The van der Waals surface area contributed by atoms with Gasteiger partial charge >= 0.3 is 0 Å². The number of nitrogens with zero attached hydrogens (tertiary/aromatic N) is 3. The summed E-state index contributed by atoms with van der Waals surface area (Å²) < 4.78 is 1.43. The summed E-state index contributed by atoms with van der Waals surface area (Å²) in [5, 5.41) is 3.90. The minimum atomic E-state index is -0.122. The molecule has 1 N–H and O–H groups in total. The third kappa shape index (κ3) is 3.27. The number of aryl methyl sites for hydroxylation is 2. The lowest BCUT2D eigenvalue weighted by Gasteiger charge is -2.34. The molecule has 2 aromatic rings. The summed E-state index contributed by atoms with van der Waals surface area (Å²) in [7, 11) is 0. The molecule has 1 aliphatic rings. The van der Waals surface area contributed by atoms with Gasteiger partial charge in [-0.1, -0.05) is 0 Å². The molecule has 3 heterocycles. The zero-order chi connectivity index (χ0) is 15.9. The number of amides is 1. The van der Waals surface area contributed by atoms with Crippen molar-refractivity contribution in [2.75, 3.05) is 19.6 Å². The third-order valence-electron chi connectivity index (χ3n) is 4.28. The maximum Gasteiger partial charge on any atom is 0.262 e. The molecule has 6 nitrogen and oxygen atoms in total. The van der Waals surface area contributed by atoms with Crippen molar-refractivity contribution >= 4 is 39.9 Å². The molecule has 1 atom stereocenters. The van der Waals surface area contributed by atoms with Crippen molar-refractivity contribution in [2.24, 2.45) is 0 Å². The van der Waals surface area contributed by atoms with Crippen LogP contribution in [0.5, 0.6) is 0 Å². The number of rotatable bonds is 2. The number of fused-ring (bicyclic) bond motifs is 1. The number of nitrogens with one attached hydrogen (secondary N) is 1. The Morgan fingerprint density at radius 3 is 2.91 bits per heavy atom. The molecule has 1 saturated heterocycles. The van der Waals surface area contributed by atoms with Gasteiger partial charge in [-0.25, -0.2) is 4.98 Å². The van der Waals surface area contributed by atoms with Crippen molar-refractivity contribution in [3.63, 3.8) is 0 Å². The van der Waals surface area contributed by atoms with Crippen molar-refractivity contribution in [3.8, 4) is 0 Å². The SMILES string of the molecule is Cc1sc2ncn(CC(=O)N3CCNC[C@@H]3C)c(=O)c2c1C.Cl. The Labute approximate surface area is 144 Å². The van der Waals surface area contributed by atoms with Gasteiger partial charge in [-0.2, -0.15) is 0 Å². The van der Waals surface area contributed by atoms with Gasteiger partial charge in [0.25, 0.3) is 5.56 Å². The van der Waals surface area contributed by atoms with Crippen LogP contribution in [-0.4, -0.2) is 46.0 Å². The summed E-state index contributed by atoms with van der Waals surface area (Å²) in [6.07, 6.45) is 1.49. The highest BCUT2D eigenvalue weighted by Crippen LogP contribution is 2.25. The molecule has 2 aromatic heterocycles. The second kappa shape index (κ2) is 6.98. The molecule has 0 spiro atoms. The Morgan fingerprint density at radius 2 is 2.22 bits per heavy atom. The Kier molecular flexibility index (Phi) is 5.44. The molecular formula is C15H21ClN4O2S. The van der Waals surface area contributed by atoms with Crippen LogP contribution >= 0.6 is 23.7 Å². The van der Waals surface area contributed by atoms with Crippen LogP contribution < -0.4 is 10.9 Å². The average Bonchev–Trinajstić information content (AvgIpc) is 2.78. The van der Waals surface area contributed by atoms with Crippen LogP contribution in [0, 0.1) is 13.8 Å². The van der Waals surface area contributed by atoms with E-state index in [4.69, 9.17) is 0 Å². The van der Waals surface area contributed by atoms with Crippen molar-refractivity contribution in [1.29, 1.82) is 0 Å². The fourth-order valence-electron chi connectivity index (χ4n) is 2.83. The van der Waals surface area contributed by atoms with E-state index >= 15 is 0 Å². The van der Waals surface area contributed by atoms with Gasteiger partial charge in [0.05, 0.1) is 11.7 Å². The molecule has 0 bridgehead atoms. The Balaban J connectivity index is 0.00000192. The summed E-state index contributed by atoms with van der Waals surface area (Å²) in [4.78, 5) is 33.1. The van der Waals surface area contributed by atoms with Gasteiger partial charge in [-0.05, 0) is 26.3 Å². The first kappa shape index (κ1) is 17.9. The molecule has 1 aliphatic heterocycles. The van der Waals surface area contributed by atoms with E-state index in [1.54, 1.807) is 0 Å². The number of halogens is 1. The standard InChI is InChI=1S/C15H20N4O2S.ClH/c1-9-6-16-4-5-19(9)12(20)7-18-8-17-14-13(15(18)21)10(2)11(3)22-14;/h8-9,16H,4-7H2,1-3H3;1H/t9-;/m0./s1. The smallest absolute Gasteiger partial charge is 0.262 e. The highest BCUT2D eigenvalue weighted by atomic mass is 35.5. The highest BCUT2D eigenvalue weighted by molar-refractivity contribution is 7.18. The second-order valence-corrected chi connectivity index (χ2v) is 6.98. The molecule has 23 heavy (non-hydrogen) atoms. The Morgan fingerprint density at radius 1 is 1.48 bits per heavy atom. The average molecular weight is 357 g/mol. The van der Waals surface area contributed by atoms with Crippen molar-refractivity contribution in [1.82, 2.24) is 19.8 Å². The van der Waals surface area contributed by atoms with Gasteiger partial charge in [0.1, 0.15) is 11.4 Å². The summed E-state index contributed by atoms with van der Waals surface area (Å²) in [5.41, 5.74) is 0.845. The summed E-state index contributed by atoms with van der Waals surface area (Å²) in [6, 6.07) is 0.152. The molecule has 8 heteroatoms. The molecule has 0 radical (unpaired) electrons. The number of carbonyl (C=O) groups excluding carboxylic acids is 1. The maximum absolute atomic E-state index is 12.6. The van der Waals surface area contributed by atoms with Gasteiger partial charge < -0.3 is 10.2 Å². The molecule has 1 fully saturated rings. The van der Waals surface area contributed by atoms with Crippen molar-refractivity contribution in [2.45, 2.75) is 33.4 Å². The summed E-state index contributed by atoms with van der Waals surface area (Å²) in [5.74, 6) is -0.0261. The van der Waals surface area contributed by atoms with Crippen LogP contribution in [0.15, 0.2) is 11.1 Å². The van der Waals surface area contributed by atoms with Crippen molar-refractivity contribution < 1.29 is 4.79 Å². The van der Waals surface area contributed by atoms with Gasteiger partial charge in [0.15, 0.2) is 0 Å². The lowest BCUT2D eigenvalue weighted by molar-refractivity contribution is -0.134. The zero-order valence-corrected chi connectivity index (χ0v) is 15.1. The number of hydrogen-bond donors (Lipinski definition) is 1. The predicted molar refractivity (Wildman–Crippen MR) is 94.6 cm³/mol. The molecular weight excluding hydrogens is 336 g/mol. The van der Waals surface area contributed by atoms with E-state index in [9.17, 15) is 9.59 Å².